The molecule has 1 heterocycles. The third-order valence-electron chi connectivity index (χ3n) is 3.84. The van der Waals surface area contributed by atoms with Gasteiger partial charge in [-0.15, -0.1) is 0 Å². The van der Waals surface area contributed by atoms with Gasteiger partial charge in [0, 0.05) is 5.41 Å². The summed E-state index contributed by atoms with van der Waals surface area (Å²) < 4.78 is 5.40. The summed E-state index contributed by atoms with van der Waals surface area (Å²) in [5, 5.41) is 0. The van der Waals surface area contributed by atoms with Crippen molar-refractivity contribution < 1.29 is 4.74 Å². The van der Waals surface area contributed by atoms with Gasteiger partial charge in [-0.2, -0.15) is 0 Å². The molecule has 17 heavy (non-hydrogen) atoms. The fraction of sp³-hybridized carbons (Fsp3) is 0.625. The van der Waals surface area contributed by atoms with Gasteiger partial charge in [0.05, 0.1) is 13.2 Å². The highest BCUT2D eigenvalue weighted by molar-refractivity contribution is 5.45. The molecular weight excluding hydrogens is 208 g/mol. The topological polar surface area (TPSA) is 9.23 Å². The van der Waals surface area contributed by atoms with Gasteiger partial charge in [-0.3, -0.25) is 0 Å². The zero-order valence-corrected chi connectivity index (χ0v) is 12.0. The highest BCUT2D eigenvalue weighted by Gasteiger charge is 2.37. The Morgan fingerprint density at radius 3 is 1.82 bits per heavy atom. The summed E-state index contributed by atoms with van der Waals surface area (Å²) in [6.07, 6.45) is 0. The molecule has 0 aliphatic carbocycles. The van der Waals surface area contributed by atoms with Crippen LogP contribution in [0.15, 0.2) is 12.1 Å². The molecule has 94 valence electrons. The van der Waals surface area contributed by atoms with Crippen molar-refractivity contribution in [2.75, 3.05) is 13.2 Å². The number of hydrogen-bond donors (Lipinski definition) is 0. The molecule has 0 N–H and O–H groups in total. The lowest BCUT2D eigenvalue weighted by molar-refractivity contribution is -0.0506. The Hall–Kier alpha value is -0.820. The van der Waals surface area contributed by atoms with E-state index in [9.17, 15) is 0 Å². The Morgan fingerprint density at radius 1 is 1.06 bits per heavy atom. The maximum atomic E-state index is 5.40. The first-order valence-electron chi connectivity index (χ1n) is 6.44. The van der Waals surface area contributed by atoms with Crippen molar-refractivity contribution in [3.8, 4) is 0 Å². The van der Waals surface area contributed by atoms with Gasteiger partial charge >= 0.3 is 0 Å². The predicted octanol–water partition coefficient (Wildman–Crippen LogP) is 3.89. The van der Waals surface area contributed by atoms with E-state index in [2.05, 4.69) is 53.7 Å². The third-order valence-corrected chi connectivity index (χ3v) is 3.84. The molecule has 0 atom stereocenters. The number of hydrogen-bond acceptors (Lipinski definition) is 1. The molecule has 1 aromatic rings. The van der Waals surface area contributed by atoms with Gasteiger partial charge in [-0.25, -0.2) is 0 Å². The zero-order chi connectivity index (χ0) is 12.8. The van der Waals surface area contributed by atoms with Crippen LogP contribution in [0.4, 0.5) is 0 Å². The van der Waals surface area contributed by atoms with E-state index in [4.69, 9.17) is 4.74 Å². The quantitative estimate of drug-likeness (QED) is 0.714. The minimum Gasteiger partial charge on any atom is -0.379 e. The molecule has 0 amide bonds. The van der Waals surface area contributed by atoms with E-state index in [0.29, 0.717) is 0 Å². The van der Waals surface area contributed by atoms with Gasteiger partial charge in [-0.05, 0) is 41.5 Å². The van der Waals surface area contributed by atoms with E-state index in [1.54, 1.807) is 0 Å². The largest absolute Gasteiger partial charge is 0.379 e. The first-order chi connectivity index (χ1) is 7.74. The highest BCUT2D eigenvalue weighted by Crippen LogP contribution is 2.38. The summed E-state index contributed by atoms with van der Waals surface area (Å²) in [5.41, 5.74) is 6.23. The smallest absolute Gasteiger partial charge is 0.0583 e. The second-order valence-corrected chi connectivity index (χ2v) is 6.79. The van der Waals surface area contributed by atoms with Crippen molar-refractivity contribution >= 4 is 0 Å². The van der Waals surface area contributed by atoms with Crippen LogP contribution in [0.5, 0.6) is 0 Å². The second kappa shape index (κ2) is 3.84. The van der Waals surface area contributed by atoms with Crippen LogP contribution < -0.4 is 0 Å². The zero-order valence-electron chi connectivity index (χ0n) is 12.0. The van der Waals surface area contributed by atoms with Crippen molar-refractivity contribution in [1.29, 1.82) is 0 Å². The van der Waals surface area contributed by atoms with Crippen molar-refractivity contribution in [2.24, 2.45) is 0 Å². The summed E-state index contributed by atoms with van der Waals surface area (Å²) in [6, 6.07) is 4.71. The molecule has 0 bridgehead atoms. The molecule has 0 radical (unpaired) electrons. The van der Waals surface area contributed by atoms with Crippen LogP contribution >= 0.6 is 0 Å². The first-order valence-corrected chi connectivity index (χ1v) is 6.44. The van der Waals surface area contributed by atoms with Crippen molar-refractivity contribution in [3.63, 3.8) is 0 Å². The maximum absolute atomic E-state index is 5.40. The van der Waals surface area contributed by atoms with Crippen LogP contribution in [0, 0.1) is 13.8 Å². The molecule has 0 unspecified atom stereocenters. The van der Waals surface area contributed by atoms with Crippen LogP contribution in [0.25, 0.3) is 0 Å². The van der Waals surface area contributed by atoms with Gasteiger partial charge in [0.1, 0.15) is 0 Å². The molecule has 1 aromatic carbocycles. The first kappa shape index (κ1) is 12.6. The highest BCUT2D eigenvalue weighted by atomic mass is 16.5. The lowest BCUT2D eigenvalue weighted by atomic mass is 9.74. The summed E-state index contributed by atoms with van der Waals surface area (Å²) in [5.74, 6) is 0. The molecule has 1 aliphatic heterocycles. The van der Waals surface area contributed by atoms with Gasteiger partial charge in [0.2, 0.25) is 0 Å². The molecule has 0 aromatic heterocycles. The molecule has 0 spiro atoms. The second-order valence-electron chi connectivity index (χ2n) is 6.79. The molecule has 1 saturated heterocycles. The molecule has 1 nitrogen and oxygen atoms in total. The third kappa shape index (κ3) is 2.13. The minimum atomic E-state index is 0.227. The summed E-state index contributed by atoms with van der Waals surface area (Å²) in [7, 11) is 0. The van der Waals surface area contributed by atoms with Crippen LogP contribution in [-0.4, -0.2) is 13.2 Å². The molecular formula is C16H24O. The molecule has 2 rings (SSSR count). The summed E-state index contributed by atoms with van der Waals surface area (Å²) in [6.45, 7) is 15.3. The molecule has 1 fully saturated rings. The van der Waals surface area contributed by atoms with E-state index in [-0.39, 0.29) is 10.8 Å². The normalized spacial score (nSPS) is 18.9. The van der Waals surface area contributed by atoms with E-state index in [1.165, 1.54) is 22.3 Å². The Balaban J connectivity index is 2.50. The Bertz CT molecular complexity index is 410. The maximum Gasteiger partial charge on any atom is 0.0583 e. The van der Waals surface area contributed by atoms with Gasteiger partial charge in [-0.1, -0.05) is 39.8 Å². The number of ether oxygens (including phenoxy) is 1. The molecule has 1 aliphatic rings. The lowest BCUT2D eigenvalue weighted by Crippen LogP contribution is -2.45. The van der Waals surface area contributed by atoms with Crippen LogP contribution in [0.2, 0.25) is 0 Å². The van der Waals surface area contributed by atoms with Gasteiger partial charge in [0.25, 0.3) is 0 Å². The fourth-order valence-corrected chi connectivity index (χ4v) is 2.90. The standard InChI is InChI=1S/C16H24O/c1-11-7-13(15(3,4)5)8-12(2)14(11)16(6)9-17-10-16/h7-8H,9-10H2,1-6H3. The minimum absolute atomic E-state index is 0.227. The van der Waals surface area contributed by atoms with E-state index in [1.807, 2.05) is 0 Å². The molecule has 1 heteroatoms. The van der Waals surface area contributed by atoms with Crippen molar-refractivity contribution in [1.82, 2.24) is 0 Å². The average molecular weight is 232 g/mol. The Kier molecular flexibility index (Phi) is 2.86. The van der Waals surface area contributed by atoms with Crippen LogP contribution in [-0.2, 0) is 15.6 Å². The van der Waals surface area contributed by atoms with Crippen LogP contribution in [0.1, 0.15) is 49.9 Å². The van der Waals surface area contributed by atoms with E-state index in [0.717, 1.165) is 13.2 Å². The van der Waals surface area contributed by atoms with Crippen molar-refractivity contribution in [3.05, 3.63) is 34.4 Å². The Morgan fingerprint density at radius 2 is 1.53 bits per heavy atom. The van der Waals surface area contributed by atoms with Crippen LogP contribution in [0.3, 0.4) is 0 Å². The number of benzene rings is 1. The molecule has 0 saturated carbocycles. The Labute approximate surface area is 105 Å². The fourth-order valence-electron chi connectivity index (χ4n) is 2.90. The van der Waals surface area contributed by atoms with Crippen molar-refractivity contribution in [2.45, 2.75) is 52.4 Å². The summed E-state index contributed by atoms with van der Waals surface area (Å²) >= 11 is 0. The number of rotatable bonds is 1. The monoisotopic (exact) mass is 232 g/mol. The van der Waals surface area contributed by atoms with Gasteiger partial charge in [0.15, 0.2) is 0 Å². The SMILES string of the molecule is Cc1cc(C(C)(C)C)cc(C)c1C1(C)COC1. The van der Waals surface area contributed by atoms with E-state index >= 15 is 0 Å². The predicted molar refractivity (Wildman–Crippen MR) is 72.8 cm³/mol. The van der Waals surface area contributed by atoms with E-state index < -0.39 is 0 Å². The lowest BCUT2D eigenvalue weighted by Gasteiger charge is -2.41. The number of aryl methyl sites for hydroxylation is 2. The van der Waals surface area contributed by atoms with Gasteiger partial charge < -0.3 is 4.74 Å². The average Bonchev–Trinajstić information content (AvgIpc) is 2.12. The summed E-state index contributed by atoms with van der Waals surface area (Å²) in [4.78, 5) is 0.